The van der Waals surface area contributed by atoms with Gasteiger partial charge in [0, 0.05) is 32.7 Å². The van der Waals surface area contributed by atoms with E-state index in [1.165, 1.54) is 17.1 Å². The summed E-state index contributed by atoms with van der Waals surface area (Å²) in [5, 5.41) is 14.9. The second-order valence-electron chi connectivity index (χ2n) is 7.72. The van der Waals surface area contributed by atoms with Gasteiger partial charge < -0.3 is 14.4 Å². The van der Waals surface area contributed by atoms with E-state index in [0.717, 1.165) is 36.7 Å². The number of nitro groups is 1. The fourth-order valence-corrected chi connectivity index (χ4v) is 3.60. The Kier molecular flexibility index (Phi) is 4.87. The van der Waals surface area contributed by atoms with Crippen molar-refractivity contribution in [2.45, 2.75) is 25.9 Å². The number of carbonyl (C=O) groups is 1. The molecule has 3 heterocycles. The van der Waals surface area contributed by atoms with Gasteiger partial charge in [-0.3, -0.25) is 24.5 Å². The number of carbonyl (C=O) groups excluding carboxylic acids is 1. The molecule has 1 saturated heterocycles. The molecule has 2 aromatic rings. The van der Waals surface area contributed by atoms with Gasteiger partial charge in [-0.05, 0) is 31.5 Å². The first-order valence-electron chi connectivity index (χ1n) is 9.44. The number of amides is 1. The Labute approximate surface area is 167 Å². The zero-order chi connectivity index (χ0) is 20.6. The van der Waals surface area contributed by atoms with Crippen molar-refractivity contribution in [3.05, 3.63) is 46.3 Å². The second-order valence-corrected chi connectivity index (χ2v) is 7.72. The lowest BCUT2D eigenvalue weighted by molar-refractivity contribution is -0.385. The van der Waals surface area contributed by atoms with Crippen LogP contribution in [0.4, 0.5) is 5.69 Å². The molecule has 10 nitrogen and oxygen atoms in total. The summed E-state index contributed by atoms with van der Waals surface area (Å²) in [6.45, 7) is 7.16. The van der Waals surface area contributed by atoms with Gasteiger partial charge in [-0.25, -0.2) is 0 Å². The lowest BCUT2D eigenvalue weighted by Gasteiger charge is -2.38. The number of benzene rings is 1. The van der Waals surface area contributed by atoms with Crippen LogP contribution < -0.4 is 9.47 Å². The van der Waals surface area contributed by atoms with Crippen LogP contribution in [0.5, 0.6) is 11.5 Å². The van der Waals surface area contributed by atoms with Crippen LogP contribution in [0.3, 0.4) is 0 Å². The minimum Gasteiger partial charge on any atom is -0.454 e. The lowest BCUT2D eigenvalue weighted by Crippen LogP contribution is -2.54. The van der Waals surface area contributed by atoms with Gasteiger partial charge in [0.15, 0.2) is 11.5 Å². The van der Waals surface area contributed by atoms with Gasteiger partial charge in [0.2, 0.25) is 12.7 Å². The number of hydrogen-bond acceptors (Lipinski definition) is 7. The van der Waals surface area contributed by atoms with Crippen LogP contribution in [-0.4, -0.2) is 63.4 Å². The number of nitrogens with zero attached hydrogens (tertiary/aromatic N) is 5. The van der Waals surface area contributed by atoms with Crippen molar-refractivity contribution in [3.8, 4) is 11.5 Å². The highest BCUT2D eigenvalue weighted by atomic mass is 16.7. The van der Waals surface area contributed by atoms with Crippen molar-refractivity contribution < 1.29 is 19.2 Å². The maximum Gasteiger partial charge on any atom is 0.307 e. The molecule has 154 valence electrons. The minimum atomic E-state index is -0.992. The van der Waals surface area contributed by atoms with Crippen LogP contribution in [0.15, 0.2) is 30.6 Å². The average molecular weight is 401 g/mol. The van der Waals surface area contributed by atoms with Gasteiger partial charge in [-0.2, -0.15) is 5.10 Å². The van der Waals surface area contributed by atoms with Gasteiger partial charge >= 0.3 is 5.69 Å². The zero-order valence-electron chi connectivity index (χ0n) is 16.4. The molecule has 2 aliphatic rings. The van der Waals surface area contributed by atoms with Crippen LogP contribution in [-0.2, 0) is 16.9 Å². The molecule has 29 heavy (non-hydrogen) atoms. The highest BCUT2D eigenvalue weighted by Gasteiger charge is 2.36. The monoisotopic (exact) mass is 401 g/mol. The van der Waals surface area contributed by atoms with E-state index in [-0.39, 0.29) is 18.4 Å². The topological polar surface area (TPSA) is 103 Å². The maximum absolute atomic E-state index is 13.0. The van der Waals surface area contributed by atoms with E-state index in [1.807, 2.05) is 18.2 Å². The van der Waals surface area contributed by atoms with Gasteiger partial charge in [-0.15, -0.1) is 0 Å². The van der Waals surface area contributed by atoms with E-state index in [9.17, 15) is 14.9 Å². The fourth-order valence-electron chi connectivity index (χ4n) is 3.60. The smallest absolute Gasteiger partial charge is 0.307 e. The normalized spacial score (nSPS) is 16.8. The molecule has 0 radical (unpaired) electrons. The van der Waals surface area contributed by atoms with Crippen LogP contribution >= 0.6 is 0 Å². The summed E-state index contributed by atoms with van der Waals surface area (Å²) < 4.78 is 12.1. The molecule has 0 unspecified atom stereocenters. The molecule has 0 bridgehead atoms. The summed E-state index contributed by atoms with van der Waals surface area (Å²) >= 11 is 0. The summed E-state index contributed by atoms with van der Waals surface area (Å²) in [5.41, 5.74) is 0.0194. The van der Waals surface area contributed by atoms with E-state index in [0.29, 0.717) is 13.1 Å². The minimum absolute atomic E-state index is 0.0989. The number of piperazine rings is 1. The van der Waals surface area contributed by atoms with Crippen LogP contribution in [0.1, 0.15) is 19.4 Å². The molecule has 1 aromatic carbocycles. The average Bonchev–Trinajstić information content (AvgIpc) is 3.37. The van der Waals surface area contributed by atoms with Crippen LogP contribution in [0.2, 0.25) is 0 Å². The summed E-state index contributed by atoms with van der Waals surface area (Å²) in [6, 6.07) is 5.94. The number of hydrogen-bond donors (Lipinski definition) is 0. The van der Waals surface area contributed by atoms with E-state index >= 15 is 0 Å². The van der Waals surface area contributed by atoms with Crippen molar-refractivity contribution in [1.82, 2.24) is 19.6 Å². The van der Waals surface area contributed by atoms with Crippen molar-refractivity contribution in [3.63, 3.8) is 0 Å². The van der Waals surface area contributed by atoms with Crippen molar-refractivity contribution >= 4 is 11.6 Å². The highest BCUT2D eigenvalue weighted by molar-refractivity contribution is 5.83. The first-order valence-corrected chi connectivity index (χ1v) is 9.44. The van der Waals surface area contributed by atoms with Crippen LogP contribution in [0.25, 0.3) is 0 Å². The van der Waals surface area contributed by atoms with Crippen molar-refractivity contribution in [2.24, 2.45) is 0 Å². The molecule has 4 rings (SSSR count). The number of ether oxygens (including phenoxy) is 2. The lowest BCUT2D eigenvalue weighted by atomic mass is 10.0. The molecule has 0 atom stereocenters. The maximum atomic E-state index is 13.0. The molecule has 0 spiro atoms. The molecule has 0 saturated carbocycles. The molecule has 1 amide bonds. The van der Waals surface area contributed by atoms with Crippen molar-refractivity contribution in [2.75, 3.05) is 33.0 Å². The predicted octanol–water partition coefficient (Wildman–Crippen LogP) is 1.60. The molecule has 1 fully saturated rings. The summed E-state index contributed by atoms with van der Waals surface area (Å²) in [7, 11) is 0. The predicted molar refractivity (Wildman–Crippen MR) is 103 cm³/mol. The molecule has 2 aliphatic heterocycles. The van der Waals surface area contributed by atoms with Gasteiger partial charge in [0.1, 0.15) is 17.9 Å². The van der Waals surface area contributed by atoms with E-state index in [2.05, 4.69) is 10.00 Å². The molecule has 10 heteroatoms. The standard InChI is InChI=1S/C19H23N5O5/c1-19(2,23-12-15(10-20-23)24(26)27)18(25)22-7-5-21(6-8-22)11-14-3-4-16-17(9-14)29-13-28-16/h3-4,9-10,12H,5-8,11,13H2,1-2H3. The molecule has 1 aromatic heterocycles. The summed E-state index contributed by atoms with van der Waals surface area (Å²) in [5.74, 6) is 1.44. The third-order valence-electron chi connectivity index (χ3n) is 5.38. The Morgan fingerprint density at radius 1 is 1.21 bits per heavy atom. The first-order chi connectivity index (χ1) is 13.8. The van der Waals surface area contributed by atoms with Crippen LogP contribution in [0, 0.1) is 10.1 Å². The third kappa shape index (κ3) is 3.75. The van der Waals surface area contributed by atoms with Crippen molar-refractivity contribution in [1.29, 1.82) is 0 Å². The van der Waals surface area contributed by atoms with E-state index in [1.54, 1.807) is 18.7 Å². The Bertz CT molecular complexity index is 933. The highest BCUT2D eigenvalue weighted by Crippen LogP contribution is 2.33. The van der Waals surface area contributed by atoms with E-state index < -0.39 is 10.5 Å². The van der Waals surface area contributed by atoms with Gasteiger partial charge in [0.05, 0.1) is 4.92 Å². The largest absolute Gasteiger partial charge is 0.454 e. The molecular formula is C19H23N5O5. The number of rotatable bonds is 5. The van der Waals surface area contributed by atoms with Gasteiger partial charge in [0.25, 0.3) is 0 Å². The second kappa shape index (κ2) is 7.36. The Hall–Kier alpha value is -3.14. The SMILES string of the molecule is CC(C)(C(=O)N1CCN(Cc2ccc3c(c2)OCO3)CC1)n1cc([N+](=O)[O-])cn1. The van der Waals surface area contributed by atoms with E-state index in [4.69, 9.17) is 9.47 Å². The Balaban J connectivity index is 1.36. The summed E-state index contributed by atoms with van der Waals surface area (Å²) in [6.07, 6.45) is 2.46. The first kappa shape index (κ1) is 19.2. The Morgan fingerprint density at radius 2 is 1.93 bits per heavy atom. The quantitative estimate of drug-likeness (QED) is 0.554. The number of fused-ring (bicyclic) bond motifs is 1. The Morgan fingerprint density at radius 3 is 2.62 bits per heavy atom. The van der Waals surface area contributed by atoms with Gasteiger partial charge in [-0.1, -0.05) is 6.07 Å². The molecule has 0 N–H and O–H groups in total. The fraction of sp³-hybridized carbons (Fsp3) is 0.474. The molecular weight excluding hydrogens is 378 g/mol. The molecule has 0 aliphatic carbocycles. The number of aromatic nitrogens is 2. The zero-order valence-corrected chi connectivity index (χ0v) is 16.4. The summed E-state index contributed by atoms with van der Waals surface area (Å²) in [4.78, 5) is 27.5. The third-order valence-corrected chi connectivity index (χ3v) is 5.38.